The molecule has 0 spiro atoms. The Morgan fingerprint density at radius 2 is 1.05 bits per heavy atom. The molecule has 118 valence electrons. The fourth-order valence-electron chi connectivity index (χ4n) is 1.75. The quantitative estimate of drug-likeness (QED) is 0.521. The van der Waals surface area contributed by atoms with Crippen LogP contribution in [0.5, 0.6) is 0 Å². The van der Waals surface area contributed by atoms with Gasteiger partial charge in [-0.3, -0.25) is 9.59 Å². The van der Waals surface area contributed by atoms with Gasteiger partial charge in [0.2, 0.25) is 11.8 Å². The molecule has 0 aliphatic heterocycles. The molecule has 6 heteroatoms. The van der Waals surface area contributed by atoms with Crippen LogP contribution < -0.4 is 10.6 Å². The molecule has 0 aliphatic carbocycles. The van der Waals surface area contributed by atoms with Crippen molar-refractivity contribution in [3.8, 4) is 0 Å². The number of nitrogens with one attached hydrogen (secondary N) is 2. The molecule has 0 aromatic carbocycles. The minimum atomic E-state index is 0.0750. The van der Waals surface area contributed by atoms with E-state index in [1.165, 1.54) is 0 Å². The number of likely N-dealkylation sites (N-methyl/N-ethyl adjacent to an activating group) is 2. The van der Waals surface area contributed by atoms with E-state index < -0.39 is 0 Å². The highest BCUT2D eigenvalue weighted by Gasteiger charge is 2.02. The molecule has 0 rings (SSSR count). The molecule has 0 aromatic heterocycles. The van der Waals surface area contributed by atoms with Gasteiger partial charge >= 0.3 is 0 Å². The zero-order chi connectivity index (χ0) is 15.4. The summed E-state index contributed by atoms with van der Waals surface area (Å²) >= 11 is 0. The van der Waals surface area contributed by atoms with Gasteiger partial charge in [0.15, 0.2) is 0 Å². The second-order valence-corrected chi connectivity index (χ2v) is 5.59. The first-order valence-electron chi connectivity index (χ1n) is 7.24. The second kappa shape index (κ2) is 11.7. The lowest BCUT2D eigenvalue weighted by Crippen LogP contribution is -2.34. The molecule has 0 bridgehead atoms. The van der Waals surface area contributed by atoms with E-state index in [9.17, 15) is 9.59 Å². The molecule has 0 aliphatic rings. The zero-order valence-corrected chi connectivity index (χ0v) is 13.4. The number of hydrogen-bond acceptors (Lipinski definition) is 4. The predicted octanol–water partition coefficient (Wildman–Crippen LogP) is -0.0976. The van der Waals surface area contributed by atoms with Crippen LogP contribution in [0.25, 0.3) is 0 Å². The maximum atomic E-state index is 11.3. The number of carbonyl (C=O) groups excluding carboxylic acids is 2. The second-order valence-electron chi connectivity index (χ2n) is 5.59. The Hall–Kier alpha value is -1.14. The van der Waals surface area contributed by atoms with Gasteiger partial charge in [-0.15, -0.1) is 0 Å². The summed E-state index contributed by atoms with van der Waals surface area (Å²) in [6.45, 7) is 2.36. The van der Waals surface area contributed by atoms with Gasteiger partial charge in [0.05, 0.1) is 13.1 Å². The van der Waals surface area contributed by atoms with Crippen molar-refractivity contribution in [3.63, 3.8) is 0 Å². The number of rotatable bonds is 11. The molecule has 0 heterocycles. The van der Waals surface area contributed by atoms with E-state index in [1.807, 2.05) is 38.0 Å². The van der Waals surface area contributed by atoms with E-state index in [0.29, 0.717) is 13.1 Å². The van der Waals surface area contributed by atoms with Gasteiger partial charge in [0.25, 0.3) is 0 Å². The summed E-state index contributed by atoms with van der Waals surface area (Å²) in [4.78, 5) is 26.4. The van der Waals surface area contributed by atoms with Crippen molar-refractivity contribution in [1.29, 1.82) is 0 Å². The van der Waals surface area contributed by atoms with E-state index in [0.717, 1.165) is 38.8 Å². The fraction of sp³-hybridized carbons (Fsp3) is 0.857. The van der Waals surface area contributed by atoms with Crippen LogP contribution in [0.4, 0.5) is 0 Å². The molecule has 0 aromatic rings. The summed E-state index contributed by atoms with van der Waals surface area (Å²) in [7, 11) is 7.52. The third-order valence-electron chi connectivity index (χ3n) is 2.67. The van der Waals surface area contributed by atoms with E-state index >= 15 is 0 Å². The molecule has 2 amide bonds. The normalized spacial score (nSPS) is 10.9. The third-order valence-corrected chi connectivity index (χ3v) is 2.67. The Kier molecular flexibility index (Phi) is 11.0. The van der Waals surface area contributed by atoms with Gasteiger partial charge in [0.1, 0.15) is 0 Å². The van der Waals surface area contributed by atoms with Crippen molar-refractivity contribution in [2.45, 2.75) is 25.7 Å². The maximum Gasteiger partial charge on any atom is 0.234 e. The van der Waals surface area contributed by atoms with Gasteiger partial charge in [-0.1, -0.05) is 12.8 Å². The standard InChI is InChI=1S/C14H30N4O2/c1-17(2)11-13(19)15-9-7-5-6-8-10-16-14(20)12-18(3)4/h5-12H2,1-4H3,(H,15,19)(H,16,20). The lowest BCUT2D eigenvalue weighted by molar-refractivity contribution is -0.122. The van der Waals surface area contributed by atoms with Crippen molar-refractivity contribution in [2.24, 2.45) is 0 Å². The van der Waals surface area contributed by atoms with E-state index in [2.05, 4.69) is 10.6 Å². The fourth-order valence-corrected chi connectivity index (χ4v) is 1.75. The van der Waals surface area contributed by atoms with Crippen molar-refractivity contribution < 1.29 is 9.59 Å². The SMILES string of the molecule is CN(C)CC(=O)NCCCCCCNC(=O)CN(C)C. The van der Waals surface area contributed by atoms with Crippen LogP contribution in [0.1, 0.15) is 25.7 Å². The van der Waals surface area contributed by atoms with Gasteiger partial charge < -0.3 is 20.4 Å². The van der Waals surface area contributed by atoms with Crippen LogP contribution in [0, 0.1) is 0 Å². The first-order valence-corrected chi connectivity index (χ1v) is 7.24. The molecule has 0 atom stereocenters. The van der Waals surface area contributed by atoms with Crippen LogP contribution in [0.2, 0.25) is 0 Å². The highest BCUT2D eigenvalue weighted by atomic mass is 16.2. The maximum absolute atomic E-state index is 11.3. The summed E-state index contributed by atoms with van der Waals surface area (Å²) in [5.74, 6) is 0.150. The number of amides is 2. The summed E-state index contributed by atoms with van der Waals surface area (Å²) in [6, 6.07) is 0. The Balaban J connectivity index is 3.29. The minimum absolute atomic E-state index is 0.0750. The molecule has 0 saturated heterocycles. The van der Waals surface area contributed by atoms with Crippen LogP contribution in [-0.2, 0) is 9.59 Å². The van der Waals surface area contributed by atoms with Gasteiger partial charge in [-0.05, 0) is 41.0 Å². The summed E-state index contributed by atoms with van der Waals surface area (Å²) in [6.07, 6.45) is 4.13. The Morgan fingerprint density at radius 1 is 0.700 bits per heavy atom. The van der Waals surface area contributed by atoms with Crippen molar-refractivity contribution in [1.82, 2.24) is 20.4 Å². The Bertz CT molecular complexity index is 252. The molecule has 0 unspecified atom stereocenters. The zero-order valence-electron chi connectivity index (χ0n) is 13.4. The van der Waals surface area contributed by atoms with E-state index in [-0.39, 0.29) is 11.8 Å². The van der Waals surface area contributed by atoms with Gasteiger partial charge in [0, 0.05) is 13.1 Å². The topological polar surface area (TPSA) is 64.7 Å². The molecular weight excluding hydrogens is 256 g/mol. The van der Waals surface area contributed by atoms with E-state index in [4.69, 9.17) is 0 Å². The first-order chi connectivity index (χ1) is 9.41. The molecule has 20 heavy (non-hydrogen) atoms. The lowest BCUT2D eigenvalue weighted by Gasteiger charge is -2.10. The number of hydrogen-bond donors (Lipinski definition) is 2. The summed E-state index contributed by atoms with van der Waals surface area (Å²) < 4.78 is 0. The Morgan fingerprint density at radius 3 is 1.35 bits per heavy atom. The lowest BCUT2D eigenvalue weighted by atomic mass is 10.2. The van der Waals surface area contributed by atoms with Crippen molar-refractivity contribution in [3.05, 3.63) is 0 Å². The van der Waals surface area contributed by atoms with Crippen molar-refractivity contribution in [2.75, 3.05) is 54.4 Å². The van der Waals surface area contributed by atoms with Crippen LogP contribution >= 0.6 is 0 Å². The smallest absolute Gasteiger partial charge is 0.234 e. The van der Waals surface area contributed by atoms with Gasteiger partial charge in [-0.25, -0.2) is 0 Å². The molecule has 0 saturated carbocycles. The third kappa shape index (κ3) is 13.3. The van der Waals surface area contributed by atoms with Crippen molar-refractivity contribution >= 4 is 11.8 Å². The average molecular weight is 286 g/mol. The minimum Gasteiger partial charge on any atom is -0.355 e. The largest absolute Gasteiger partial charge is 0.355 e. The predicted molar refractivity (Wildman–Crippen MR) is 81.6 cm³/mol. The van der Waals surface area contributed by atoms with Gasteiger partial charge in [-0.2, -0.15) is 0 Å². The highest BCUT2D eigenvalue weighted by molar-refractivity contribution is 5.78. The Labute approximate surface area is 122 Å². The average Bonchev–Trinajstić information content (AvgIpc) is 2.30. The highest BCUT2D eigenvalue weighted by Crippen LogP contribution is 1.97. The molecule has 6 nitrogen and oxygen atoms in total. The molecule has 0 radical (unpaired) electrons. The van der Waals surface area contributed by atoms with Crippen LogP contribution in [0.15, 0.2) is 0 Å². The number of nitrogens with zero attached hydrogens (tertiary/aromatic N) is 2. The molecule has 0 fully saturated rings. The monoisotopic (exact) mass is 286 g/mol. The molecular formula is C14H30N4O2. The summed E-state index contributed by atoms with van der Waals surface area (Å²) in [5, 5.41) is 5.78. The number of carbonyl (C=O) groups is 2. The van der Waals surface area contributed by atoms with E-state index in [1.54, 1.807) is 0 Å². The van der Waals surface area contributed by atoms with Crippen LogP contribution in [-0.4, -0.2) is 76.0 Å². The van der Waals surface area contributed by atoms with Crippen LogP contribution in [0.3, 0.4) is 0 Å². The first kappa shape index (κ1) is 18.9. The molecule has 2 N–H and O–H groups in total. The summed E-state index contributed by atoms with van der Waals surface area (Å²) in [5.41, 5.74) is 0. The number of unbranched alkanes of at least 4 members (excludes halogenated alkanes) is 3.